The van der Waals surface area contributed by atoms with Crippen LogP contribution in [0.2, 0.25) is 0 Å². The van der Waals surface area contributed by atoms with Crippen LogP contribution in [-0.2, 0) is 0 Å². The summed E-state index contributed by atoms with van der Waals surface area (Å²) >= 11 is 1.51. The molecule has 0 saturated carbocycles. The zero-order valence-corrected chi connectivity index (χ0v) is 12.7. The molecular formula is C14H16N6OS. The Morgan fingerprint density at radius 3 is 2.86 bits per heavy atom. The van der Waals surface area contributed by atoms with Crippen LogP contribution in [0.15, 0.2) is 24.8 Å². The van der Waals surface area contributed by atoms with E-state index < -0.39 is 5.91 Å². The van der Waals surface area contributed by atoms with Gasteiger partial charge in [0.05, 0.1) is 28.9 Å². The summed E-state index contributed by atoms with van der Waals surface area (Å²) in [6, 6.07) is 0.459. The second-order valence-electron chi connectivity index (χ2n) is 5.46. The molecule has 114 valence electrons. The van der Waals surface area contributed by atoms with Gasteiger partial charge in [-0.1, -0.05) is 0 Å². The Morgan fingerprint density at radius 2 is 2.09 bits per heavy atom. The first-order chi connectivity index (χ1) is 10.7. The van der Waals surface area contributed by atoms with Crippen LogP contribution in [0.1, 0.15) is 29.2 Å². The van der Waals surface area contributed by atoms with Crippen molar-refractivity contribution in [3.05, 3.63) is 30.4 Å². The maximum Gasteiger partial charge on any atom is 0.253 e. The number of hydrogen-bond acceptors (Lipinski definition) is 5. The van der Waals surface area contributed by atoms with E-state index in [2.05, 4.69) is 21.7 Å². The molecule has 4 heterocycles. The monoisotopic (exact) mass is 316 g/mol. The number of nitrogens with one attached hydrogen (secondary N) is 1. The molecule has 1 saturated heterocycles. The number of rotatable bonds is 3. The van der Waals surface area contributed by atoms with Gasteiger partial charge in [-0.2, -0.15) is 10.2 Å². The molecule has 1 aliphatic heterocycles. The summed E-state index contributed by atoms with van der Waals surface area (Å²) in [6.45, 7) is 2.07. The van der Waals surface area contributed by atoms with Crippen molar-refractivity contribution in [3.8, 4) is 10.4 Å². The smallest absolute Gasteiger partial charge is 0.253 e. The number of hydrogen-bond donors (Lipinski definition) is 2. The van der Waals surface area contributed by atoms with E-state index in [1.54, 1.807) is 4.52 Å². The highest BCUT2D eigenvalue weighted by molar-refractivity contribution is 7.21. The molecule has 0 atom stereocenters. The van der Waals surface area contributed by atoms with E-state index in [1.165, 1.54) is 17.5 Å². The lowest BCUT2D eigenvalue weighted by molar-refractivity contribution is 0.100. The highest BCUT2D eigenvalue weighted by atomic mass is 32.1. The molecule has 4 rings (SSSR count). The minimum atomic E-state index is -0.450. The fourth-order valence-electron chi connectivity index (χ4n) is 2.82. The molecule has 1 aliphatic rings. The molecule has 8 heteroatoms. The van der Waals surface area contributed by atoms with Gasteiger partial charge in [-0.3, -0.25) is 9.48 Å². The number of thiazole rings is 1. The summed E-state index contributed by atoms with van der Waals surface area (Å²) in [4.78, 5) is 13.2. The van der Waals surface area contributed by atoms with Crippen LogP contribution in [0.5, 0.6) is 0 Å². The van der Waals surface area contributed by atoms with Gasteiger partial charge in [0.2, 0.25) is 0 Å². The second-order valence-corrected chi connectivity index (χ2v) is 6.49. The quantitative estimate of drug-likeness (QED) is 0.761. The first kappa shape index (κ1) is 13.5. The van der Waals surface area contributed by atoms with E-state index in [0.29, 0.717) is 11.6 Å². The lowest BCUT2D eigenvalue weighted by atomic mass is 10.1. The van der Waals surface area contributed by atoms with E-state index in [9.17, 15) is 4.79 Å². The molecule has 3 aromatic rings. The molecule has 0 spiro atoms. The van der Waals surface area contributed by atoms with Crippen molar-refractivity contribution in [2.24, 2.45) is 5.73 Å². The summed E-state index contributed by atoms with van der Waals surface area (Å²) in [5.74, 6) is -0.450. The number of fused-ring (bicyclic) bond motifs is 1. The van der Waals surface area contributed by atoms with E-state index >= 15 is 0 Å². The van der Waals surface area contributed by atoms with Crippen LogP contribution >= 0.6 is 11.3 Å². The second kappa shape index (κ2) is 5.22. The van der Waals surface area contributed by atoms with E-state index in [4.69, 9.17) is 5.73 Å². The number of carbonyl (C=O) groups excluding carboxylic acids is 1. The van der Waals surface area contributed by atoms with E-state index in [-0.39, 0.29) is 0 Å². The molecule has 0 bridgehead atoms. The maximum absolute atomic E-state index is 11.4. The van der Waals surface area contributed by atoms with Crippen molar-refractivity contribution in [1.29, 1.82) is 0 Å². The SMILES string of the molecule is NC(=O)c1cnn2cc(-c3cnn(C4CCNCC4)c3)sc12. The molecule has 0 aliphatic carbocycles. The summed E-state index contributed by atoms with van der Waals surface area (Å²) in [6.07, 6.45) is 9.57. The predicted molar refractivity (Wildman–Crippen MR) is 83.9 cm³/mol. The van der Waals surface area contributed by atoms with Gasteiger partial charge in [0.15, 0.2) is 0 Å². The summed E-state index contributed by atoms with van der Waals surface area (Å²) < 4.78 is 3.75. The lowest BCUT2D eigenvalue weighted by Crippen LogP contribution is -2.29. The molecule has 3 N–H and O–H groups in total. The Kier molecular flexibility index (Phi) is 3.20. The third kappa shape index (κ3) is 2.20. The fourth-order valence-corrected chi connectivity index (χ4v) is 3.87. The fraction of sp³-hybridized carbons (Fsp3) is 0.357. The van der Waals surface area contributed by atoms with Gasteiger partial charge in [0.25, 0.3) is 5.91 Å². The van der Waals surface area contributed by atoms with Gasteiger partial charge in [-0.05, 0) is 25.9 Å². The number of amides is 1. The normalized spacial score (nSPS) is 16.4. The van der Waals surface area contributed by atoms with Crippen LogP contribution in [0, 0.1) is 0 Å². The molecule has 1 amide bonds. The van der Waals surface area contributed by atoms with Crippen LogP contribution in [0.4, 0.5) is 0 Å². The number of primary amides is 1. The van der Waals surface area contributed by atoms with Crippen LogP contribution in [0.3, 0.4) is 0 Å². The van der Waals surface area contributed by atoms with Gasteiger partial charge in [-0.25, -0.2) is 4.52 Å². The molecule has 0 radical (unpaired) electrons. The maximum atomic E-state index is 11.4. The number of nitrogens with two attached hydrogens (primary N) is 1. The average Bonchev–Trinajstić information content (AvgIpc) is 3.22. The topological polar surface area (TPSA) is 90.2 Å². The molecule has 22 heavy (non-hydrogen) atoms. The van der Waals surface area contributed by atoms with Crippen LogP contribution in [0.25, 0.3) is 15.3 Å². The molecule has 0 unspecified atom stereocenters. The molecular weight excluding hydrogens is 300 g/mol. The van der Waals surface area contributed by atoms with Gasteiger partial charge in [-0.15, -0.1) is 11.3 Å². The summed E-state index contributed by atoms with van der Waals surface area (Å²) in [5, 5.41) is 12.0. The first-order valence-electron chi connectivity index (χ1n) is 7.24. The Morgan fingerprint density at radius 1 is 1.27 bits per heavy atom. The molecule has 3 aromatic heterocycles. The Labute approximate surface area is 130 Å². The highest BCUT2D eigenvalue weighted by Crippen LogP contribution is 2.31. The van der Waals surface area contributed by atoms with Crippen molar-refractivity contribution in [2.45, 2.75) is 18.9 Å². The van der Waals surface area contributed by atoms with Gasteiger partial charge >= 0.3 is 0 Å². The lowest BCUT2D eigenvalue weighted by Gasteiger charge is -2.22. The van der Waals surface area contributed by atoms with Gasteiger partial charge in [0, 0.05) is 18.0 Å². The zero-order valence-electron chi connectivity index (χ0n) is 11.9. The van der Waals surface area contributed by atoms with Crippen molar-refractivity contribution in [1.82, 2.24) is 24.7 Å². The van der Waals surface area contributed by atoms with Crippen molar-refractivity contribution >= 4 is 22.1 Å². The highest BCUT2D eigenvalue weighted by Gasteiger charge is 2.18. The molecule has 7 nitrogen and oxygen atoms in total. The van der Waals surface area contributed by atoms with Crippen LogP contribution in [-0.4, -0.2) is 38.4 Å². The summed E-state index contributed by atoms with van der Waals surface area (Å²) in [5.41, 5.74) is 6.87. The standard InChI is InChI=1S/C14H16N6OS/c15-13(21)11-6-18-20-8-12(22-14(11)20)9-5-17-19(7-9)10-1-3-16-4-2-10/h5-8,10,16H,1-4H2,(H2,15,21). The van der Waals surface area contributed by atoms with E-state index in [0.717, 1.165) is 41.2 Å². The summed E-state index contributed by atoms with van der Waals surface area (Å²) in [7, 11) is 0. The number of carbonyl (C=O) groups is 1. The third-order valence-corrected chi connectivity index (χ3v) is 5.19. The third-order valence-electron chi connectivity index (χ3n) is 4.03. The number of nitrogens with zero attached hydrogens (tertiary/aromatic N) is 4. The minimum absolute atomic E-state index is 0.450. The van der Waals surface area contributed by atoms with Gasteiger partial charge < -0.3 is 11.1 Å². The Hall–Kier alpha value is -2.19. The van der Waals surface area contributed by atoms with E-state index in [1.807, 2.05) is 17.1 Å². The predicted octanol–water partition coefficient (Wildman–Crippen LogP) is 1.28. The van der Waals surface area contributed by atoms with Crippen molar-refractivity contribution in [3.63, 3.8) is 0 Å². The first-order valence-corrected chi connectivity index (χ1v) is 8.06. The Balaban J connectivity index is 1.67. The van der Waals surface area contributed by atoms with Crippen molar-refractivity contribution in [2.75, 3.05) is 13.1 Å². The number of aromatic nitrogens is 4. The van der Waals surface area contributed by atoms with Gasteiger partial charge in [0.1, 0.15) is 4.83 Å². The average molecular weight is 316 g/mol. The zero-order chi connectivity index (χ0) is 15.1. The Bertz CT molecular complexity index is 825. The molecule has 1 fully saturated rings. The largest absolute Gasteiger partial charge is 0.365 e. The van der Waals surface area contributed by atoms with Crippen molar-refractivity contribution < 1.29 is 4.79 Å². The minimum Gasteiger partial charge on any atom is -0.365 e. The van der Waals surface area contributed by atoms with Crippen LogP contribution < -0.4 is 11.1 Å². The molecule has 0 aromatic carbocycles. The number of piperidine rings is 1.